The number of rotatable bonds is 14. The van der Waals surface area contributed by atoms with Crippen LogP contribution in [-0.2, 0) is 0 Å². The zero-order chi connectivity index (χ0) is 17.6. The molecule has 0 unspecified atom stereocenters. The Bertz CT molecular complexity index is 360. The molecule has 2 heteroatoms. The van der Waals surface area contributed by atoms with Crippen LogP contribution in [0.4, 0.5) is 11.4 Å². The average molecular weight is 333 g/mol. The van der Waals surface area contributed by atoms with Gasteiger partial charge in [-0.05, 0) is 48.9 Å². The van der Waals surface area contributed by atoms with Crippen LogP contribution in [0.3, 0.4) is 0 Å². The molecule has 1 aromatic rings. The fourth-order valence-electron chi connectivity index (χ4n) is 3.03. The first kappa shape index (κ1) is 20.9. The first-order valence-electron chi connectivity index (χ1n) is 10.2. The first-order chi connectivity index (χ1) is 11.7. The lowest BCUT2D eigenvalue weighted by molar-refractivity contribution is 0.483. The summed E-state index contributed by atoms with van der Waals surface area (Å²) in [5.74, 6) is 1.65. The van der Waals surface area contributed by atoms with Crippen LogP contribution in [-0.4, -0.2) is 13.1 Å². The maximum Gasteiger partial charge on any atom is 0.0341 e. The van der Waals surface area contributed by atoms with Crippen LogP contribution in [0.15, 0.2) is 24.3 Å². The predicted octanol–water partition coefficient (Wildman–Crippen LogP) is 6.94. The molecule has 1 aromatic carbocycles. The summed E-state index contributed by atoms with van der Waals surface area (Å²) in [7, 11) is 0. The molecule has 2 nitrogen and oxygen atoms in total. The van der Waals surface area contributed by atoms with Gasteiger partial charge in [0.1, 0.15) is 0 Å². The van der Waals surface area contributed by atoms with Gasteiger partial charge in [0.05, 0.1) is 0 Å². The van der Waals surface area contributed by atoms with Crippen molar-refractivity contribution in [2.45, 2.75) is 79.1 Å². The maximum absolute atomic E-state index is 3.55. The molecule has 0 heterocycles. The van der Waals surface area contributed by atoms with E-state index in [0.717, 1.165) is 24.9 Å². The van der Waals surface area contributed by atoms with E-state index in [1.54, 1.807) is 0 Å². The summed E-state index contributed by atoms with van der Waals surface area (Å²) in [5, 5.41) is 7.10. The van der Waals surface area contributed by atoms with Gasteiger partial charge in [-0.3, -0.25) is 0 Å². The molecule has 0 amide bonds. The van der Waals surface area contributed by atoms with Gasteiger partial charge >= 0.3 is 0 Å². The molecule has 0 aliphatic carbocycles. The van der Waals surface area contributed by atoms with Crippen molar-refractivity contribution >= 4 is 11.4 Å². The highest BCUT2D eigenvalue weighted by atomic mass is 14.9. The molecule has 0 radical (unpaired) electrons. The van der Waals surface area contributed by atoms with Gasteiger partial charge in [0.25, 0.3) is 0 Å². The molecular weight excluding hydrogens is 292 g/mol. The number of hydrogen-bond acceptors (Lipinski definition) is 2. The smallest absolute Gasteiger partial charge is 0.0341 e. The highest BCUT2D eigenvalue weighted by Crippen LogP contribution is 2.17. The van der Waals surface area contributed by atoms with Crippen LogP contribution >= 0.6 is 0 Å². The summed E-state index contributed by atoms with van der Waals surface area (Å²) >= 11 is 0. The number of hydrogen-bond donors (Lipinski definition) is 2. The van der Waals surface area contributed by atoms with E-state index < -0.39 is 0 Å². The minimum atomic E-state index is 0.827. The van der Waals surface area contributed by atoms with E-state index in [2.05, 4.69) is 62.6 Å². The van der Waals surface area contributed by atoms with Gasteiger partial charge in [-0.2, -0.15) is 0 Å². The van der Waals surface area contributed by atoms with Crippen molar-refractivity contribution in [1.82, 2.24) is 0 Å². The molecule has 0 saturated heterocycles. The van der Waals surface area contributed by atoms with Crippen molar-refractivity contribution in [1.29, 1.82) is 0 Å². The number of unbranched alkanes of at least 4 members (excludes halogenated alkanes) is 2. The van der Waals surface area contributed by atoms with Gasteiger partial charge in [-0.15, -0.1) is 0 Å². The van der Waals surface area contributed by atoms with Gasteiger partial charge in [-0.25, -0.2) is 0 Å². The van der Waals surface area contributed by atoms with E-state index in [9.17, 15) is 0 Å². The third-order valence-corrected chi connectivity index (χ3v) is 4.92. The first-order valence-corrected chi connectivity index (χ1v) is 10.2. The number of benzene rings is 1. The zero-order valence-corrected chi connectivity index (χ0v) is 16.5. The summed E-state index contributed by atoms with van der Waals surface area (Å²) in [6.45, 7) is 11.4. The van der Waals surface area contributed by atoms with Crippen LogP contribution in [0, 0.1) is 11.8 Å². The Balaban J connectivity index is 2.18. The molecule has 138 valence electrons. The van der Waals surface area contributed by atoms with Crippen LogP contribution in [0.25, 0.3) is 0 Å². The Morgan fingerprint density at radius 3 is 1.38 bits per heavy atom. The molecule has 24 heavy (non-hydrogen) atoms. The minimum absolute atomic E-state index is 0.827. The van der Waals surface area contributed by atoms with Gasteiger partial charge < -0.3 is 10.6 Å². The molecule has 2 N–H and O–H groups in total. The normalized spacial score (nSPS) is 13.5. The molecule has 0 aliphatic rings. The predicted molar refractivity (Wildman–Crippen MR) is 110 cm³/mol. The Labute approximate surface area is 150 Å². The van der Waals surface area contributed by atoms with E-state index in [-0.39, 0.29) is 0 Å². The van der Waals surface area contributed by atoms with E-state index in [1.807, 2.05) is 0 Å². The van der Waals surface area contributed by atoms with Crippen LogP contribution < -0.4 is 10.6 Å². The SMILES string of the molecule is CCCC[C@@H](C)CCNc1ccc(NCC[C@H](C)CCCC)cc1. The molecule has 2 atom stereocenters. The van der Waals surface area contributed by atoms with Gasteiger partial charge in [-0.1, -0.05) is 66.2 Å². The lowest BCUT2D eigenvalue weighted by Crippen LogP contribution is -2.08. The summed E-state index contributed by atoms with van der Waals surface area (Å²) in [5.41, 5.74) is 2.47. The van der Waals surface area contributed by atoms with Gasteiger partial charge in [0, 0.05) is 24.5 Å². The molecular formula is C22H40N2. The largest absolute Gasteiger partial charge is 0.385 e. The quantitative estimate of drug-likeness (QED) is 0.385. The molecule has 0 fully saturated rings. The average Bonchev–Trinajstić information content (AvgIpc) is 2.59. The van der Waals surface area contributed by atoms with Crippen molar-refractivity contribution in [3.63, 3.8) is 0 Å². The van der Waals surface area contributed by atoms with E-state index >= 15 is 0 Å². The third kappa shape index (κ3) is 9.85. The number of anilines is 2. The van der Waals surface area contributed by atoms with Gasteiger partial charge in [0.15, 0.2) is 0 Å². The van der Waals surface area contributed by atoms with E-state index in [4.69, 9.17) is 0 Å². The van der Waals surface area contributed by atoms with Gasteiger partial charge in [0.2, 0.25) is 0 Å². The van der Waals surface area contributed by atoms with Crippen molar-refractivity contribution in [3.05, 3.63) is 24.3 Å². The second kappa shape index (κ2) is 13.1. The highest BCUT2D eigenvalue weighted by Gasteiger charge is 2.02. The summed E-state index contributed by atoms with van der Waals surface area (Å²) < 4.78 is 0. The monoisotopic (exact) mass is 332 g/mol. The second-order valence-corrected chi connectivity index (χ2v) is 7.50. The van der Waals surface area contributed by atoms with Crippen LogP contribution in [0.2, 0.25) is 0 Å². The van der Waals surface area contributed by atoms with Crippen molar-refractivity contribution in [2.75, 3.05) is 23.7 Å². The topological polar surface area (TPSA) is 24.1 Å². The molecule has 0 aliphatic heterocycles. The van der Waals surface area contributed by atoms with E-state index in [1.165, 1.54) is 62.7 Å². The third-order valence-electron chi connectivity index (χ3n) is 4.92. The molecule has 1 rings (SSSR count). The molecule has 0 bridgehead atoms. The number of nitrogens with one attached hydrogen (secondary N) is 2. The maximum atomic E-state index is 3.55. The molecule has 0 spiro atoms. The summed E-state index contributed by atoms with van der Waals surface area (Å²) in [4.78, 5) is 0. The Kier molecular flexibility index (Phi) is 11.4. The second-order valence-electron chi connectivity index (χ2n) is 7.50. The highest BCUT2D eigenvalue weighted by molar-refractivity contribution is 5.53. The Hall–Kier alpha value is -1.18. The summed E-state index contributed by atoms with van der Waals surface area (Å²) in [6, 6.07) is 8.78. The zero-order valence-electron chi connectivity index (χ0n) is 16.5. The van der Waals surface area contributed by atoms with Crippen molar-refractivity contribution in [3.8, 4) is 0 Å². The molecule has 0 aromatic heterocycles. The Morgan fingerprint density at radius 1 is 0.667 bits per heavy atom. The Morgan fingerprint density at radius 2 is 1.04 bits per heavy atom. The van der Waals surface area contributed by atoms with E-state index in [0.29, 0.717) is 0 Å². The lowest BCUT2D eigenvalue weighted by Gasteiger charge is -2.14. The van der Waals surface area contributed by atoms with Crippen LogP contribution in [0.1, 0.15) is 79.1 Å². The minimum Gasteiger partial charge on any atom is -0.385 e. The fourth-order valence-corrected chi connectivity index (χ4v) is 3.03. The standard InChI is InChI=1S/C22H40N2/c1-5-7-9-19(3)15-17-23-21-11-13-22(14-12-21)24-18-16-20(4)10-8-6-2/h11-14,19-20,23-24H,5-10,15-18H2,1-4H3/t19-,20-/m1/s1. The van der Waals surface area contributed by atoms with Crippen molar-refractivity contribution in [2.24, 2.45) is 11.8 Å². The summed E-state index contributed by atoms with van der Waals surface area (Å²) in [6.07, 6.45) is 10.6. The lowest BCUT2D eigenvalue weighted by atomic mass is 10.0. The molecule has 0 saturated carbocycles. The fraction of sp³-hybridized carbons (Fsp3) is 0.727. The van der Waals surface area contributed by atoms with Crippen molar-refractivity contribution < 1.29 is 0 Å². The van der Waals surface area contributed by atoms with Crippen LogP contribution in [0.5, 0.6) is 0 Å².